The van der Waals surface area contributed by atoms with Gasteiger partial charge in [0.05, 0.1) is 0 Å². The van der Waals surface area contributed by atoms with E-state index in [1.54, 1.807) is 5.56 Å². The summed E-state index contributed by atoms with van der Waals surface area (Å²) in [6.07, 6.45) is 5.70. The zero-order valence-electron chi connectivity index (χ0n) is 12.8. The van der Waals surface area contributed by atoms with E-state index in [-0.39, 0.29) is 0 Å². The monoisotopic (exact) mass is 259 g/mol. The normalized spacial score (nSPS) is 28.2. The molecule has 1 aromatic rings. The van der Waals surface area contributed by atoms with Crippen LogP contribution in [-0.2, 0) is 0 Å². The molecule has 1 nitrogen and oxygen atoms in total. The van der Waals surface area contributed by atoms with Gasteiger partial charge in [0.25, 0.3) is 0 Å². The lowest BCUT2D eigenvalue weighted by molar-refractivity contribution is 0.0712. The first-order chi connectivity index (χ1) is 9.34. The van der Waals surface area contributed by atoms with Crippen LogP contribution in [0, 0.1) is 5.92 Å². The largest absolute Gasteiger partial charge is 0.300 e. The van der Waals surface area contributed by atoms with Gasteiger partial charge in [-0.25, -0.2) is 0 Å². The fraction of sp³-hybridized carbons (Fsp3) is 0.667. The molecule has 0 N–H and O–H groups in total. The fourth-order valence-electron chi connectivity index (χ4n) is 3.46. The summed E-state index contributed by atoms with van der Waals surface area (Å²) in [7, 11) is 0. The standard InChI is InChI=1S/C16H23N.C2H6/c1-13-12-17(15-8-5-9-15)11-10-16(13)14-6-3-2-4-7-14;1-2/h2-4,6-7,13,15-16H,5,8-12H2,1H3;1-2H3/t13?,16-;/m0./s1. The van der Waals surface area contributed by atoms with Crippen molar-refractivity contribution in [2.24, 2.45) is 5.92 Å². The van der Waals surface area contributed by atoms with Crippen LogP contribution >= 0.6 is 0 Å². The first-order valence-electron chi connectivity index (χ1n) is 8.13. The van der Waals surface area contributed by atoms with E-state index in [1.165, 1.54) is 38.8 Å². The molecule has 106 valence electrons. The first kappa shape index (κ1) is 14.6. The zero-order chi connectivity index (χ0) is 13.7. The van der Waals surface area contributed by atoms with E-state index in [9.17, 15) is 0 Å². The summed E-state index contributed by atoms with van der Waals surface area (Å²) in [5.74, 6) is 1.60. The van der Waals surface area contributed by atoms with Crippen molar-refractivity contribution in [3.05, 3.63) is 35.9 Å². The minimum Gasteiger partial charge on any atom is -0.300 e. The minimum atomic E-state index is 0.785. The molecule has 1 heterocycles. The summed E-state index contributed by atoms with van der Waals surface area (Å²) in [6.45, 7) is 9.06. The summed E-state index contributed by atoms with van der Waals surface area (Å²) in [5, 5.41) is 0. The summed E-state index contributed by atoms with van der Waals surface area (Å²) >= 11 is 0. The summed E-state index contributed by atoms with van der Waals surface area (Å²) < 4.78 is 0. The molecule has 1 saturated heterocycles. The highest BCUT2D eigenvalue weighted by atomic mass is 15.2. The molecule has 2 fully saturated rings. The Hall–Kier alpha value is -0.820. The average molecular weight is 259 g/mol. The molecule has 1 aliphatic heterocycles. The molecule has 1 aromatic carbocycles. The Morgan fingerprint density at radius 3 is 2.21 bits per heavy atom. The van der Waals surface area contributed by atoms with Crippen molar-refractivity contribution in [2.75, 3.05) is 13.1 Å². The predicted molar refractivity (Wildman–Crippen MR) is 83.5 cm³/mol. The molecular weight excluding hydrogens is 230 g/mol. The van der Waals surface area contributed by atoms with Crippen molar-refractivity contribution in [1.29, 1.82) is 0 Å². The van der Waals surface area contributed by atoms with E-state index in [2.05, 4.69) is 42.2 Å². The number of hydrogen-bond acceptors (Lipinski definition) is 1. The molecule has 2 aliphatic rings. The van der Waals surface area contributed by atoms with Gasteiger partial charge in [-0.3, -0.25) is 0 Å². The molecule has 0 bridgehead atoms. The quantitative estimate of drug-likeness (QED) is 0.744. The lowest BCUT2D eigenvalue weighted by Crippen LogP contribution is -2.47. The highest BCUT2D eigenvalue weighted by Gasteiger charge is 2.32. The van der Waals surface area contributed by atoms with Crippen LogP contribution in [0.2, 0.25) is 0 Å². The summed E-state index contributed by atoms with van der Waals surface area (Å²) in [4.78, 5) is 2.74. The summed E-state index contributed by atoms with van der Waals surface area (Å²) in [6, 6.07) is 12.0. The number of rotatable bonds is 2. The van der Waals surface area contributed by atoms with Gasteiger partial charge in [0.2, 0.25) is 0 Å². The van der Waals surface area contributed by atoms with Crippen molar-refractivity contribution < 1.29 is 0 Å². The molecule has 0 radical (unpaired) electrons. The van der Waals surface area contributed by atoms with Gasteiger partial charge in [0.15, 0.2) is 0 Å². The number of benzene rings is 1. The smallest absolute Gasteiger partial charge is 0.00954 e. The highest BCUT2D eigenvalue weighted by molar-refractivity contribution is 5.21. The van der Waals surface area contributed by atoms with Crippen LogP contribution in [0.25, 0.3) is 0 Å². The van der Waals surface area contributed by atoms with Crippen LogP contribution in [-0.4, -0.2) is 24.0 Å². The van der Waals surface area contributed by atoms with Gasteiger partial charge in [0.1, 0.15) is 0 Å². The minimum absolute atomic E-state index is 0.785. The van der Waals surface area contributed by atoms with Gasteiger partial charge in [-0.2, -0.15) is 0 Å². The van der Waals surface area contributed by atoms with Gasteiger partial charge >= 0.3 is 0 Å². The van der Waals surface area contributed by atoms with Crippen LogP contribution in [0.5, 0.6) is 0 Å². The third-order valence-electron chi connectivity index (χ3n) is 4.76. The van der Waals surface area contributed by atoms with E-state index in [0.29, 0.717) is 0 Å². The fourth-order valence-corrected chi connectivity index (χ4v) is 3.46. The molecule has 2 atom stereocenters. The second-order valence-corrected chi connectivity index (χ2v) is 5.86. The van der Waals surface area contributed by atoms with Gasteiger partial charge in [-0.15, -0.1) is 0 Å². The SMILES string of the molecule is CC.CC1CN(C2CCC2)CC[C@@H]1c1ccccc1. The molecular formula is C18H29N. The molecule has 19 heavy (non-hydrogen) atoms. The number of likely N-dealkylation sites (tertiary alicyclic amines) is 1. The van der Waals surface area contributed by atoms with Crippen molar-refractivity contribution in [2.45, 2.75) is 58.4 Å². The number of hydrogen-bond donors (Lipinski definition) is 0. The van der Waals surface area contributed by atoms with Gasteiger partial charge < -0.3 is 4.90 Å². The van der Waals surface area contributed by atoms with Crippen molar-refractivity contribution in [1.82, 2.24) is 4.90 Å². The van der Waals surface area contributed by atoms with E-state index in [4.69, 9.17) is 0 Å². The lowest BCUT2D eigenvalue weighted by atomic mass is 9.79. The van der Waals surface area contributed by atoms with E-state index >= 15 is 0 Å². The number of nitrogens with zero attached hydrogens (tertiary/aromatic N) is 1. The van der Waals surface area contributed by atoms with Crippen LogP contribution in [0.1, 0.15) is 57.9 Å². The van der Waals surface area contributed by atoms with E-state index in [0.717, 1.165) is 17.9 Å². The second kappa shape index (κ2) is 7.09. The molecule has 0 spiro atoms. The Balaban J connectivity index is 0.000000637. The highest BCUT2D eigenvalue weighted by Crippen LogP contribution is 2.36. The van der Waals surface area contributed by atoms with Gasteiger partial charge in [-0.1, -0.05) is 57.5 Å². The molecule has 1 unspecified atom stereocenters. The Morgan fingerprint density at radius 2 is 1.68 bits per heavy atom. The third kappa shape index (κ3) is 3.39. The third-order valence-corrected chi connectivity index (χ3v) is 4.76. The Bertz CT molecular complexity index is 355. The van der Waals surface area contributed by atoms with Crippen LogP contribution in [0.15, 0.2) is 30.3 Å². The van der Waals surface area contributed by atoms with Crippen molar-refractivity contribution in [3.8, 4) is 0 Å². The second-order valence-electron chi connectivity index (χ2n) is 5.86. The van der Waals surface area contributed by atoms with Crippen LogP contribution < -0.4 is 0 Å². The lowest BCUT2D eigenvalue weighted by Gasteiger charge is -2.44. The Morgan fingerprint density at radius 1 is 1.00 bits per heavy atom. The Kier molecular flexibility index (Phi) is 5.45. The van der Waals surface area contributed by atoms with Crippen molar-refractivity contribution in [3.63, 3.8) is 0 Å². The topological polar surface area (TPSA) is 3.24 Å². The zero-order valence-corrected chi connectivity index (χ0v) is 12.8. The van der Waals surface area contributed by atoms with Crippen LogP contribution in [0.3, 0.4) is 0 Å². The number of piperidine rings is 1. The summed E-state index contributed by atoms with van der Waals surface area (Å²) in [5.41, 5.74) is 1.55. The molecule has 0 aromatic heterocycles. The molecule has 1 heteroatoms. The van der Waals surface area contributed by atoms with Gasteiger partial charge in [0, 0.05) is 12.6 Å². The van der Waals surface area contributed by atoms with Gasteiger partial charge in [-0.05, 0) is 43.2 Å². The van der Waals surface area contributed by atoms with E-state index in [1.807, 2.05) is 13.8 Å². The molecule has 1 aliphatic carbocycles. The first-order valence-corrected chi connectivity index (χ1v) is 8.13. The Labute approximate surface area is 119 Å². The van der Waals surface area contributed by atoms with Crippen LogP contribution in [0.4, 0.5) is 0 Å². The predicted octanol–water partition coefficient (Wildman–Crippen LogP) is 4.69. The van der Waals surface area contributed by atoms with E-state index < -0.39 is 0 Å². The molecule has 1 saturated carbocycles. The molecule has 0 amide bonds. The average Bonchev–Trinajstić information content (AvgIpc) is 2.40. The maximum absolute atomic E-state index is 2.74. The maximum Gasteiger partial charge on any atom is 0.00954 e. The molecule has 3 rings (SSSR count). The maximum atomic E-state index is 2.74. The van der Waals surface area contributed by atoms with Crippen molar-refractivity contribution >= 4 is 0 Å².